The summed E-state index contributed by atoms with van der Waals surface area (Å²) >= 11 is 11.7. The van der Waals surface area contributed by atoms with Gasteiger partial charge in [0, 0.05) is 6.54 Å². The van der Waals surface area contributed by atoms with E-state index in [9.17, 15) is 14.4 Å². The zero-order valence-electron chi connectivity index (χ0n) is 12.9. The van der Waals surface area contributed by atoms with E-state index >= 15 is 0 Å². The number of ether oxygens (including phenoxy) is 1. The number of hydrogen-bond acceptors (Lipinski definition) is 4. The maximum atomic E-state index is 11.9. The Bertz CT molecular complexity index is 781. The van der Waals surface area contributed by atoms with Crippen molar-refractivity contribution >= 4 is 41.1 Å². The van der Waals surface area contributed by atoms with Crippen molar-refractivity contribution in [3.05, 3.63) is 69.7 Å². The number of urea groups is 1. The molecule has 0 unspecified atom stereocenters. The molecule has 25 heavy (non-hydrogen) atoms. The summed E-state index contributed by atoms with van der Waals surface area (Å²) in [6.45, 7) is -0.363. The van der Waals surface area contributed by atoms with Crippen LogP contribution in [0.5, 0.6) is 0 Å². The predicted octanol–water partition coefficient (Wildman–Crippen LogP) is 3.18. The van der Waals surface area contributed by atoms with E-state index in [2.05, 4.69) is 10.6 Å². The lowest BCUT2D eigenvalue weighted by atomic mass is 10.2. The van der Waals surface area contributed by atoms with Crippen molar-refractivity contribution in [2.75, 3.05) is 6.61 Å². The summed E-state index contributed by atoms with van der Waals surface area (Å²) in [5.41, 5.74) is 0.919. The molecule has 130 valence electrons. The standard InChI is InChI=1S/C17H14Cl2N2O4/c18-13-8-4-7-12(15(13)19)16(23)25-10-14(22)21-17(24)20-9-11-5-2-1-3-6-11/h1-8H,9-10H2,(H2,20,21,22,24). The minimum atomic E-state index is -0.813. The zero-order valence-corrected chi connectivity index (χ0v) is 14.4. The average molecular weight is 381 g/mol. The lowest BCUT2D eigenvalue weighted by molar-refractivity contribution is -0.123. The Morgan fingerprint density at radius 1 is 0.960 bits per heavy atom. The molecule has 0 heterocycles. The lowest BCUT2D eigenvalue weighted by Gasteiger charge is -2.08. The molecule has 2 aromatic carbocycles. The van der Waals surface area contributed by atoms with Crippen molar-refractivity contribution in [1.29, 1.82) is 0 Å². The SMILES string of the molecule is O=C(COC(=O)c1cccc(Cl)c1Cl)NC(=O)NCc1ccccc1. The number of carbonyl (C=O) groups excluding carboxylic acids is 3. The van der Waals surface area contributed by atoms with Crippen molar-refractivity contribution in [3.8, 4) is 0 Å². The van der Waals surface area contributed by atoms with Crippen LogP contribution in [0, 0.1) is 0 Å². The van der Waals surface area contributed by atoms with E-state index in [4.69, 9.17) is 27.9 Å². The first-order valence-corrected chi connectivity index (χ1v) is 7.95. The van der Waals surface area contributed by atoms with E-state index in [1.807, 2.05) is 30.3 Å². The van der Waals surface area contributed by atoms with Crippen LogP contribution in [0.4, 0.5) is 4.79 Å². The van der Waals surface area contributed by atoms with Crippen LogP contribution < -0.4 is 10.6 Å². The summed E-state index contributed by atoms with van der Waals surface area (Å²) in [5, 5.41) is 4.81. The number of halogens is 2. The fraction of sp³-hybridized carbons (Fsp3) is 0.118. The molecule has 0 saturated heterocycles. The third-order valence-corrected chi connectivity index (χ3v) is 3.87. The molecular weight excluding hydrogens is 367 g/mol. The third kappa shape index (κ3) is 5.77. The largest absolute Gasteiger partial charge is 0.452 e. The van der Waals surface area contributed by atoms with Crippen molar-refractivity contribution in [2.45, 2.75) is 6.54 Å². The highest BCUT2D eigenvalue weighted by Crippen LogP contribution is 2.25. The van der Waals surface area contributed by atoms with Gasteiger partial charge in [0.25, 0.3) is 5.91 Å². The number of nitrogens with one attached hydrogen (secondary N) is 2. The van der Waals surface area contributed by atoms with Crippen LogP contribution in [0.25, 0.3) is 0 Å². The molecule has 0 atom stereocenters. The first-order valence-electron chi connectivity index (χ1n) is 7.20. The summed E-state index contributed by atoms with van der Waals surface area (Å²) in [6, 6.07) is 13.0. The van der Waals surface area contributed by atoms with Gasteiger partial charge in [0.05, 0.1) is 15.6 Å². The second-order valence-electron chi connectivity index (χ2n) is 4.89. The quantitative estimate of drug-likeness (QED) is 0.780. The molecule has 3 amide bonds. The Labute approximate surface area is 154 Å². The van der Waals surface area contributed by atoms with Gasteiger partial charge in [-0.2, -0.15) is 0 Å². The average Bonchev–Trinajstić information content (AvgIpc) is 2.61. The summed E-state index contributed by atoms with van der Waals surface area (Å²) in [6.07, 6.45) is 0. The maximum absolute atomic E-state index is 11.9. The number of carbonyl (C=O) groups is 3. The molecule has 2 rings (SSSR count). The maximum Gasteiger partial charge on any atom is 0.340 e. The van der Waals surface area contributed by atoms with Gasteiger partial charge in [0.15, 0.2) is 6.61 Å². The zero-order chi connectivity index (χ0) is 18.2. The van der Waals surface area contributed by atoms with Gasteiger partial charge < -0.3 is 10.1 Å². The molecule has 0 aromatic heterocycles. The molecule has 6 nitrogen and oxygen atoms in total. The highest BCUT2D eigenvalue weighted by atomic mass is 35.5. The molecule has 2 N–H and O–H groups in total. The van der Waals surface area contributed by atoms with Crippen LogP contribution in [-0.2, 0) is 16.1 Å². The summed E-state index contributed by atoms with van der Waals surface area (Å²) in [4.78, 5) is 35.1. The molecule has 0 fully saturated rings. The number of esters is 1. The fourth-order valence-electron chi connectivity index (χ4n) is 1.86. The van der Waals surface area contributed by atoms with E-state index < -0.39 is 24.5 Å². The van der Waals surface area contributed by atoms with Crippen LogP contribution in [0.3, 0.4) is 0 Å². The molecule has 0 radical (unpaired) electrons. The molecule has 0 aliphatic carbocycles. The van der Waals surface area contributed by atoms with Crippen LogP contribution in [-0.4, -0.2) is 24.5 Å². The Morgan fingerprint density at radius 3 is 2.40 bits per heavy atom. The number of amides is 3. The van der Waals surface area contributed by atoms with Gasteiger partial charge in [0.2, 0.25) is 0 Å². The minimum absolute atomic E-state index is 0.0372. The number of benzene rings is 2. The van der Waals surface area contributed by atoms with E-state index in [0.717, 1.165) is 5.56 Å². The Morgan fingerprint density at radius 2 is 1.68 bits per heavy atom. The fourth-order valence-corrected chi connectivity index (χ4v) is 2.23. The van der Waals surface area contributed by atoms with Crippen LogP contribution in [0.2, 0.25) is 10.0 Å². The highest BCUT2D eigenvalue weighted by molar-refractivity contribution is 6.43. The highest BCUT2D eigenvalue weighted by Gasteiger charge is 2.16. The lowest BCUT2D eigenvalue weighted by Crippen LogP contribution is -2.41. The Balaban J connectivity index is 1.77. The monoisotopic (exact) mass is 380 g/mol. The van der Waals surface area contributed by atoms with Gasteiger partial charge in [-0.05, 0) is 17.7 Å². The second-order valence-corrected chi connectivity index (χ2v) is 5.68. The molecular formula is C17H14Cl2N2O4. The van der Waals surface area contributed by atoms with Crippen molar-refractivity contribution in [3.63, 3.8) is 0 Å². The van der Waals surface area contributed by atoms with Gasteiger partial charge in [-0.15, -0.1) is 0 Å². The van der Waals surface area contributed by atoms with E-state index in [0.29, 0.717) is 0 Å². The van der Waals surface area contributed by atoms with Crippen LogP contribution in [0.15, 0.2) is 48.5 Å². The van der Waals surface area contributed by atoms with E-state index in [1.165, 1.54) is 18.2 Å². The predicted molar refractivity (Wildman–Crippen MR) is 93.6 cm³/mol. The van der Waals surface area contributed by atoms with Gasteiger partial charge in [-0.25, -0.2) is 9.59 Å². The Hall–Kier alpha value is -2.57. The van der Waals surface area contributed by atoms with Crippen molar-refractivity contribution in [1.82, 2.24) is 10.6 Å². The molecule has 2 aromatic rings. The molecule has 0 bridgehead atoms. The second kappa shape index (κ2) is 9.05. The van der Waals surface area contributed by atoms with Gasteiger partial charge >= 0.3 is 12.0 Å². The molecule has 0 aliphatic heterocycles. The first kappa shape index (κ1) is 18.8. The summed E-state index contributed by atoms with van der Waals surface area (Å²) < 4.78 is 4.82. The number of imide groups is 1. The molecule has 0 aliphatic rings. The van der Waals surface area contributed by atoms with Gasteiger partial charge in [-0.1, -0.05) is 59.6 Å². The van der Waals surface area contributed by atoms with E-state index in [1.54, 1.807) is 0 Å². The van der Waals surface area contributed by atoms with Gasteiger partial charge in [0.1, 0.15) is 0 Å². The van der Waals surface area contributed by atoms with Crippen molar-refractivity contribution < 1.29 is 19.1 Å². The number of rotatable bonds is 5. The summed E-state index contributed by atoms with van der Waals surface area (Å²) in [7, 11) is 0. The third-order valence-electron chi connectivity index (χ3n) is 3.05. The normalized spacial score (nSPS) is 10.0. The minimum Gasteiger partial charge on any atom is -0.452 e. The summed E-state index contributed by atoms with van der Waals surface area (Å²) in [5.74, 6) is -1.58. The van der Waals surface area contributed by atoms with E-state index in [-0.39, 0.29) is 22.2 Å². The Kier molecular flexibility index (Phi) is 6.80. The van der Waals surface area contributed by atoms with Crippen LogP contribution >= 0.6 is 23.2 Å². The van der Waals surface area contributed by atoms with Crippen molar-refractivity contribution in [2.24, 2.45) is 0 Å². The van der Waals surface area contributed by atoms with Gasteiger partial charge in [-0.3, -0.25) is 10.1 Å². The molecule has 8 heteroatoms. The first-order chi connectivity index (χ1) is 12.0. The molecule has 0 saturated carbocycles. The topological polar surface area (TPSA) is 84.5 Å². The molecule has 0 spiro atoms. The van der Waals surface area contributed by atoms with Crippen LogP contribution in [0.1, 0.15) is 15.9 Å². The smallest absolute Gasteiger partial charge is 0.340 e. The number of hydrogen-bond donors (Lipinski definition) is 2.